The highest BCUT2D eigenvalue weighted by Gasteiger charge is 2.12. The Labute approximate surface area is 147 Å². The molecular weight excluding hydrogens is 394 g/mol. The van der Waals surface area contributed by atoms with Crippen LogP contribution in [0.1, 0.15) is 5.56 Å². The highest BCUT2D eigenvalue weighted by atomic mass is 79.9. The van der Waals surface area contributed by atoms with Crippen LogP contribution in [0.5, 0.6) is 11.5 Å². The summed E-state index contributed by atoms with van der Waals surface area (Å²) in [5.74, 6) is 0.410. The predicted molar refractivity (Wildman–Crippen MR) is 95.8 cm³/mol. The first-order chi connectivity index (χ1) is 11.6. The number of ether oxygens (including phenoxy) is 1. The van der Waals surface area contributed by atoms with Gasteiger partial charge in [-0.05, 0) is 45.8 Å². The van der Waals surface area contributed by atoms with Crippen LogP contribution < -0.4 is 14.8 Å². The zero-order valence-electron chi connectivity index (χ0n) is 12.4. The van der Waals surface area contributed by atoms with E-state index in [1.807, 2.05) is 6.07 Å². The molecule has 3 aromatic heterocycles. The van der Waals surface area contributed by atoms with Crippen LogP contribution >= 0.6 is 27.3 Å². The SMILES string of the molecule is COc1cc(/C=c2\sc3nc4cc(Br)cnc4n3c2=O)ccc1O. The number of benzene rings is 1. The minimum absolute atomic E-state index is 0.0544. The van der Waals surface area contributed by atoms with Crippen molar-refractivity contribution in [3.63, 3.8) is 0 Å². The van der Waals surface area contributed by atoms with Gasteiger partial charge in [-0.15, -0.1) is 0 Å². The summed E-state index contributed by atoms with van der Waals surface area (Å²) in [6.07, 6.45) is 3.39. The van der Waals surface area contributed by atoms with Crippen LogP contribution in [0.2, 0.25) is 0 Å². The maximum atomic E-state index is 12.7. The number of imidazole rings is 1. The Bertz CT molecular complexity index is 1200. The van der Waals surface area contributed by atoms with Gasteiger partial charge in [-0.25, -0.2) is 14.4 Å². The summed E-state index contributed by atoms with van der Waals surface area (Å²) in [6, 6.07) is 6.75. The highest BCUT2D eigenvalue weighted by molar-refractivity contribution is 9.10. The fourth-order valence-electron chi connectivity index (χ4n) is 2.45. The minimum Gasteiger partial charge on any atom is -0.504 e. The number of nitrogens with zero attached hydrogens (tertiary/aromatic N) is 3. The molecule has 0 saturated heterocycles. The number of halogens is 1. The third kappa shape index (κ3) is 2.35. The van der Waals surface area contributed by atoms with Gasteiger partial charge < -0.3 is 9.84 Å². The molecule has 0 radical (unpaired) electrons. The van der Waals surface area contributed by atoms with Crippen LogP contribution in [0, 0.1) is 0 Å². The van der Waals surface area contributed by atoms with Crippen LogP contribution in [0.4, 0.5) is 0 Å². The van der Waals surface area contributed by atoms with Gasteiger partial charge in [0, 0.05) is 10.7 Å². The third-order valence-electron chi connectivity index (χ3n) is 3.55. The lowest BCUT2D eigenvalue weighted by Gasteiger charge is -2.03. The van der Waals surface area contributed by atoms with E-state index < -0.39 is 0 Å². The fraction of sp³-hybridized carbons (Fsp3) is 0.0625. The molecule has 0 bridgehead atoms. The number of pyridine rings is 1. The molecule has 0 aliphatic carbocycles. The molecule has 1 aromatic carbocycles. The van der Waals surface area contributed by atoms with Crippen molar-refractivity contribution in [1.29, 1.82) is 0 Å². The van der Waals surface area contributed by atoms with E-state index in [4.69, 9.17) is 4.74 Å². The van der Waals surface area contributed by atoms with Gasteiger partial charge in [0.15, 0.2) is 22.1 Å². The molecule has 3 heterocycles. The molecule has 0 fully saturated rings. The summed E-state index contributed by atoms with van der Waals surface area (Å²) in [7, 11) is 1.48. The van der Waals surface area contributed by atoms with E-state index in [-0.39, 0.29) is 11.3 Å². The number of thiazole rings is 1. The monoisotopic (exact) mass is 403 g/mol. The lowest BCUT2D eigenvalue weighted by molar-refractivity contribution is 0.373. The Morgan fingerprint density at radius 3 is 3.00 bits per heavy atom. The number of aromatic hydroxyl groups is 1. The summed E-state index contributed by atoms with van der Waals surface area (Å²) in [6.45, 7) is 0. The maximum absolute atomic E-state index is 12.7. The van der Waals surface area contributed by atoms with Crippen molar-refractivity contribution in [2.75, 3.05) is 7.11 Å². The summed E-state index contributed by atoms with van der Waals surface area (Å²) in [4.78, 5) is 22.0. The molecule has 6 nitrogen and oxygen atoms in total. The van der Waals surface area contributed by atoms with Crippen LogP contribution in [0.3, 0.4) is 0 Å². The molecular formula is C16H10BrN3O3S. The highest BCUT2D eigenvalue weighted by Crippen LogP contribution is 2.26. The van der Waals surface area contributed by atoms with Crippen LogP contribution in [-0.2, 0) is 0 Å². The van der Waals surface area contributed by atoms with Gasteiger partial charge >= 0.3 is 0 Å². The summed E-state index contributed by atoms with van der Waals surface area (Å²) in [5.41, 5.74) is 1.80. The zero-order valence-corrected chi connectivity index (χ0v) is 14.8. The summed E-state index contributed by atoms with van der Waals surface area (Å²) < 4.78 is 7.95. The Hall–Kier alpha value is -2.45. The van der Waals surface area contributed by atoms with E-state index in [0.29, 0.717) is 26.4 Å². The first kappa shape index (κ1) is 15.1. The average molecular weight is 404 g/mol. The van der Waals surface area contributed by atoms with Crippen molar-refractivity contribution in [3.8, 4) is 11.5 Å². The van der Waals surface area contributed by atoms with Crippen molar-refractivity contribution in [2.24, 2.45) is 0 Å². The summed E-state index contributed by atoms with van der Waals surface area (Å²) >= 11 is 4.64. The molecule has 8 heteroatoms. The topological polar surface area (TPSA) is 76.7 Å². The molecule has 0 amide bonds. The first-order valence-electron chi connectivity index (χ1n) is 6.92. The standard InChI is InChI=1S/C16H10BrN3O3S/c1-23-12-4-8(2-3-11(12)21)5-13-15(22)20-14-10(19-16(20)24-13)6-9(17)7-18-14/h2-7,21H,1H3/b13-5-. The Morgan fingerprint density at radius 1 is 1.38 bits per heavy atom. The maximum Gasteiger partial charge on any atom is 0.276 e. The van der Waals surface area contributed by atoms with Crippen LogP contribution in [0.15, 0.2) is 39.7 Å². The number of hydrogen-bond donors (Lipinski definition) is 1. The molecule has 0 unspecified atom stereocenters. The number of rotatable bonds is 2. The number of phenols is 1. The van der Waals surface area contributed by atoms with E-state index in [9.17, 15) is 9.90 Å². The molecule has 0 atom stereocenters. The average Bonchev–Trinajstić information content (AvgIpc) is 3.05. The smallest absolute Gasteiger partial charge is 0.276 e. The van der Waals surface area contributed by atoms with Crippen molar-refractivity contribution in [3.05, 3.63) is 55.4 Å². The van der Waals surface area contributed by atoms with E-state index in [0.717, 1.165) is 10.0 Å². The Kier molecular flexibility index (Phi) is 3.50. The summed E-state index contributed by atoms with van der Waals surface area (Å²) in [5, 5.41) is 9.65. The van der Waals surface area contributed by atoms with Gasteiger partial charge in [0.05, 0.1) is 11.6 Å². The predicted octanol–water partition coefficient (Wildman–Crippen LogP) is 2.33. The lowest BCUT2D eigenvalue weighted by Crippen LogP contribution is -2.22. The van der Waals surface area contributed by atoms with E-state index >= 15 is 0 Å². The Balaban J connectivity index is 1.94. The number of methoxy groups -OCH3 is 1. The molecule has 0 aliphatic rings. The number of fused-ring (bicyclic) bond motifs is 3. The van der Waals surface area contributed by atoms with Crippen LogP contribution in [-0.4, -0.2) is 26.6 Å². The second-order valence-corrected chi connectivity index (χ2v) is 7.00. The lowest BCUT2D eigenvalue weighted by atomic mass is 10.2. The molecule has 1 N–H and O–H groups in total. The van der Waals surface area contributed by atoms with E-state index in [1.165, 1.54) is 28.9 Å². The molecule has 4 aromatic rings. The zero-order chi connectivity index (χ0) is 16.8. The minimum atomic E-state index is -0.167. The molecule has 0 aliphatic heterocycles. The molecule has 0 saturated carbocycles. The van der Waals surface area contributed by atoms with Gasteiger partial charge in [-0.1, -0.05) is 17.4 Å². The van der Waals surface area contributed by atoms with Gasteiger partial charge in [0.1, 0.15) is 5.52 Å². The number of aromatic nitrogens is 3. The van der Waals surface area contributed by atoms with Gasteiger partial charge in [-0.2, -0.15) is 0 Å². The first-order valence-corrected chi connectivity index (χ1v) is 8.53. The number of phenolic OH excluding ortho intramolecular Hbond substituents is 1. The van der Waals surface area contributed by atoms with E-state index in [1.54, 1.807) is 24.4 Å². The largest absolute Gasteiger partial charge is 0.504 e. The second kappa shape index (κ2) is 5.57. The van der Waals surface area contributed by atoms with E-state index in [2.05, 4.69) is 25.9 Å². The van der Waals surface area contributed by atoms with Crippen molar-refractivity contribution in [2.45, 2.75) is 0 Å². The molecule has 4 rings (SSSR count). The van der Waals surface area contributed by atoms with Crippen LogP contribution in [0.25, 0.3) is 22.2 Å². The van der Waals surface area contributed by atoms with Crippen molar-refractivity contribution in [1.82, 2.24) is 14.4 Å². The van der Waals surface area contributed by atoms with Crippen molar-refractivity contribution >= 4 is 49.5 Å². The van der Waals surface area contributed by atoms with Gasteiger partial charge in [-0.3, -0.25) is 4.79 Å². The van der Waals surface area contributed by atoms with Gasteiger partial charge in [0.2, 0.25) is 0 Å². The van der Waals surface area contributed by atoms with Crippen molar-refractivity contribution < 1.29 is 9.84 Å². The molecule has 120 valence electrons. The van der Waals surface area contributed by atoms with Gasteiger partial charge in [0.25, 0.3) is 5.56 Å². The Morgan fingerprint density at radius 2 is 2.21 bits per heavy atom. The third-order valence-corrected chi connectivity index (χ3v) is 4.95. The number of hydrogen-bond acceptors (Lipinski definition) is 6. The normalized spacial score (nSPS) is 12.3. The molecule has 0 spiro atoms. The second-order valence-electron chi connectivity index (χ2n) is 5.07. The fourth-order valence-corrected chi connectivity index (χ4v) is 3.74. The quantitative estimate of drug-likeness (QED) is 0.555. The molecule has 24 heavy (non-hydrogen) atoms.